The van der Waals surface area contributed by atoms with Gasteiger partial charge >= 0.3 is 0 Å². The fraction of sp³-hybridized carbons (Fsp3) is 0.389. The van der Waals surface area contributed by atoms with E-state index in [0.717, 1.165) is 41.7 Å². The Kier molecular flexibility index (Phi) is 5.45. The van der Waals surface area contributed by atoms with Gasteiger partial charge in [0.05, 0.1) is 0 Å². The number of aromatic nitrogens is 2. The lowest BCUT2D eigenvalue weighted by Gasteiger charge is -2.19. The number of halogens is 1. The minimum atomic E-state index is -0.0181. The molecule has 1 amide bonds. The average molecular weight is 389 g/mol. The second-order valence-electron chi connectivity index (χ2n) is 6.10. The maximum Gasteiger partial charge on any atom is 0.274 e. The van der Waals surface area contributed by atoms with Crippen molar-refractivity contribution in [1.29, 1.82) is 0 Å². The van der Waals surface area contributed by atoms with Gasteiger partial charge in [0.2, 0.25) is 0 Å². The maximum absolute atomic E-state index is 12.5. The zero-order chi connectivity index (χ0) is 16.9. The summed E-state index contributed by atoms with van der Waals surface area (Å²) < 4.78 is 1.07. The third kappa shape index (κ3) is 4.12. The zero-order valence-corrected chi connectivity index (χ0v) is 15.3. The Morgan fingerprint density at radius 2 is 1.83 bits per heavy atom. The normalized spacial score (nSPS) is 15.0. The van der Waals surface area contributed by atoms with E-state index in [-0.39, 0.29) is 5.91 Å². The number of rotatable bonds is 3. The van der Waals surface area contributed by atoms with E-state index in [9.17, 15) is 4.79 Å². The molecule has 0 atom stereocenters. The summed E-state index contributed by atoms with van der Waals surface area (Å²) in [5.41, 5.74) is 2.49. The highest BCUT2D eigenvalue weighted by Gasteiger charge is 2.18. The average Bonchev–Trinajstić information content (AvgIpc) is 2.88. The fourth-order valence-corrected chi connectivity index (χ4v) is 3.07. The lowest BCUT2D eigenvalue weighted by Crippen LogP contribution is -2.32. The molecule has 126 valence electrons. The van der Waals surface area contributed by atoms with E-state index >= 15 is 0 Å². The van der Waals surface area contributed by atoms with Crippen LogP contribution in [0.4, 0.5) is 11.5 Å². The number of nitrogens with one attached hydrogen (secondary N) is 1. The molecular formula is C18H21BrN4O. The molecule has 0 aliphatic carbocycles. The highest BCUT2D eigenvalue weighted by Crippen LogP contribution is 2.22. The second kappa shape index (κ2) is 7.75. The van der Waals surface area contributed by atoms with Crippen molar-refractivity contribution in [3.63, 3.8) is 0 Å². The molecule has 24 heavy (non-hydrogen) atoms. The first-order valence-electron chi connectivity index (χ1n) is 8.30. The summed E-state index contributed by atoms with van der Waals surface area (Å²) in [7, 11) is 0. The maximum atomic E-state index is 12.5. The monoisotopic (exact) mass is 388 g/mol. The Morgan fingerprint density at radius 3 is 2.46 bits per heavy atom. The Balaban J connectivity index is 1.68. The molecule has 0 unspecified atom stereocenters. The number of benzene rings is 1. The molecule has 1 aromatic carbocycles. The molecule has 1 aromatic heterocycles. The third-order valence-corrected chi connectivity index (χ3v) is 5.10. The lowest BCUT2D eigenvalue weighted by molar-refractivity contribution is 0.0754. The zero-order valence-electron chi connectivity index (χ0n) is 13.8. The van der Waals surface area contributed by atoms with Gasteiger partial charge in [0.25, 0.3) is 5.91 Å². The largest absolute Gasteiger partial charge is 0.339 e. The van der Waals surface area contributed by atoms with E-state index < -0.39 is 0 Å². The molecule has 0 bridgehead atoms. The fourth-order valence-electron chi connectivity index (χ4n) is 2.82. The Hall–Kier alpha value is -1.95. The summed E-state index contributed by atoms with van der Waals surface area (Å²) in [6.07, 6.45) is 4.54. The van der Waals surface area contributed by atoms with Crippen molar-refractivity contribution >= 4 is 33.3 Å². The molecule has 3 rings (SSSR count). The van der Waals surface area contributed by atoms with Crippen LogP contribution in [0.25, 0.3) is 0 Å². The van der Waals surface area contributed by atoms with Crippen LogP contribution < -0.4 is 5.32 Å². The molecule has 0 saturated carbocycles. The molecule has 1 saturated heterocycles. The molecule has 1 aliphatic heterocycles. The van der Waals surface area contributed by atoms with Crippen LogP contribution in [-0.2, 0) is 0 Å². The highest BCUT2D eigenvalue weighted by molar-refractivity contribution is 9.10. The number of amides is 1. The summed E-state index contributed by atoms with van der Waals surface area (Å²) in [5.74, 6) is 0.611. The van der Waals surface area contributed by atoms with Crippen molar-refractivity contribution in [1.82, 2.24) is 15.1 Å². The van der Waals surface area contributed by atoms with E-state index in [1.165, 1.54) is 12.8 Å². The number of anilines is 2. The molecule has 5 nitrogen and oxygen atoms in total. The predicted molar refractivity (Wildman–Crippen MR) is 98.6 cm³/mol. The summed E-state index contributed by atoms with van der Waals surface area (Å²) in [6, 6.07) is 9.53. The lowest BCUT2D eigenvalue weighted by atomic mass is 10.2. The molecule has 1 aliphatic rings. The summed E-state index contributed by atoms with van der Waals surface area (Å²) in [4.78, 5) is 14.4. The molecule has 6 heteroatoms. The Bertz CT molecular complexity index is 709. The summed E-state index contributed by atoms with van der Waals surface area (Å²) >= 11 is 3.49. The summed E-state index contributed by atoms with van der Waals surface area (Å²) in [6.45, 7) is 3.67. The van der Waals surface area contributed by atoms with Crippen molar-refractivity contribution in [2.24, 2.45) is 0 Å². The van der Waals surface area contributed by atoms with E-state index in [2.05, 4.69) is 31.4 Å². The topological polar surface area (TPSA) is 58.1 Å². The van der Waals surface area contributed by atoms with Crippen molar-refractivity contribution in [3.8, 4) is 0 Å². The van der Waals surface area contributed by atoms with E-state index in [0.29, 0.717) is 11.5 Å². The van der Waals surface area contributed by atoms with Gasteiger partial charge in [0, 0.05) is 23.2 Å². The van der Waals surface area contributed by atoms with Crippen LogP contribution in [0.5, 0.6) is 0 Å². The number of aryl methyl sites for hydroxylation is 1. The molecule has 2 heterocycles. The van der Waals surface area contributed by atoms with Gasteiger partial charge in [0.15, 0.2) is 11.5 Å². The Labute approximate surface area is 150 Å². The van der Waals surface area contributed by atoms with Crippen LogP contribution in [0.1, 0.15) is 41.7 Å². The SMILES string of the molecule is Cc1cc(Nc2ccc(C(=O)N3CCCCCC3)nn2)ccc1Br. The molecule has 0 spiro atoms. The first-order chi connectivity index (χ1) is 11.6. The first-order valence-corrected chi connectivity index (χ1v) is 9.09. The molecule has 2 aromatic rings. The van der Waals surface area contributed by atoms with Gasteiger partial charge in [-0.3, -0.25) is 4.79 Å². The Morgan fingerprint density at radius 1 is 1.08 bits per heavy atom. The van der Waals surface area contributed by atoms with Gasteiger partial charge in [-0.05, 0) is 55.7 Å². The van der Waals surface area contributed by atoms with Gasteiger partial charge in [-0.2, -0.15) is 0 Å². The quantitative estimate of drug-likeness (QED) is 0.850. The molecular weight excluding hydrogens is 368 g/mol. The highest BCUT2D eigenvalue weighted by atomic mass is 79.9. The van der Waals surface area contributed by atoms with Crippen molar-refractivity contribution in [2.75, 3.05) is 18.4 Å². The minimum absolute atomic E-state index is 0.0181. The number of carbonyl (C=O) groups is 1. The number of nitrogens with zero attached hydrogens (tertiary/aromatic N) is 3. The number of carbonyl (C=O) groups excluding carboxylic acids is 1. The predicted octanol–water partition coefficient (Wildman–Crippen LogP) is 4.31. The first kappa shape index (κ1) is 16.9. The number of hydrogen-bond donors (Lipinski definition) is 1. The number of likely N-dealkylation sites (tertiary alicyclic amines) is 1. The van der Waals surface area contributed by atoms with Gasteiger partial charge in [-0.1, -0.05) is 28.8 Å². The van der Waals surface area contributed by atoms with Gasteiger partial charge in [0.1, 0.15) is 0 Å². The minimum Gasteiger partial charge on any atom is -0.339 e. The van der Waals surface area contributed by atoms with E-state index in [1.54, 1.807) is 12.1 Å². The second-order valence-corrected chi connectivity index (χ2v) is 6.95. The van der Waals surface area contributed by atoms with Crippen LogP contribution in [0.15, 0.2) is 34.8 Å². The molecule has 1 fully saturated rings. The van der Waals surface area contributed by atoms with E-state index in [1.807, 2.05) is 30.0 Å². The molecule has 1 N–H and O–H groups in total. The third-order valence-electron chi connectivity index (χ3n) is 4.21. The van der Waals surface area contributed by atoms with Crippen molar-refractivity contribution in [3.05, 3.63) is 46.1 Å². The molecule has 0 radical (unpaired) electrons. The smallest absolute Gasteiger partial charge is 0.274 e. The van der Waals surface area contributed by atoms with Gasteiger partial charge < -0.3 is 10.2 Å². The van der Waals surface area contributed by atoms with Crippen LogP contribution in [0.3, 0.4) is 0 Å². The van der Waals surface area contributed by atoms with Crippen LogP contribution in [-0.4, -0.2) is 34.1 Å². The number of hydrogen-bond acceptors (Lipinski definition) is 4. The van der Waals surface area contributed by atoms with Crippen molar-refractivity contribution in [2.45, 2.75) is 32.6 Å². The standard InChI is InChI=1S/C18H21BrN4O/c1-13-12-14(6-7-15(13)19)20-17-9-8-16(21-22-17)18(24)23-10-4-2-3-5-11-23/h6-9,12H,2-5,10-11H2,1H3,(H,20,22). The van der Waals surface area contributed by atoms with E-state index in [4.69, 9.17) is 0 Å². The van der Waals surface area contributed by atoms with Crippen molar-refractivity contribution < 1.29 is 4.79 Å². The van der Waals surface area contributed by atoms with Crippen LogP contribution in [0, 0.1) is 6.92 Å². The van der Waals surface area contributed by atoms with Crippen LogP contribution >= 0.6 is 15.9 Å². The van der Waals surface area contributed by atoms with Gasteiger partial charge in [-0.15, -0.1) is 10.2 Å². The summed E-state index contributed by atoms with van der Waals surface area (Å²) in [5, 5.41) is 11.5. The van der Waals surface area contributed by atoms with Crippen LogP contribution in [0.2, 0.25) is 0 Å². The van der Waals surface area contributed by atoms with Gasteiger partial charge in [-0.25, -0.2) is 0 Å².